The van der Waals surface area contributed by atoms with Gasteiger partial charge in [-0.1, -0.05) is 0 Å². The molecule has 1 aliphatic rings. The Morgan fingerprint density at radius 2 is 1.78 bits per heavy atom. The van der Waals surface area contributed by atoms with Gasteiger partial charge in [-0.3, -0.25) is 4.68 Å². The normalized spacial score (nSPS) is 19.3. The number of fused-ring (bicyclic) bond motifs is 2. The van der Waals surface area contributed by atoms with E-state index in [0.717, 1.165) is 27.8 Å². The first kappa shape index (κ1) is 20.6. The predicted octanol–water partition coefficient (Wildman–Crippen LogP) is 3.80. The van der Waals surface area contributed by atoms with Crippen molar-refractivity contribution < 1.29 is 9.50 Å². The molecule has 32 heavy (non-hydrogen) atoms. The van der Waals surface area contributed by atoms with Crippen LogP contribution in [0.2, 0.25) is 0 Å². The number of halogens is 1. The van der Waals surface area contributed by atoms with E-state index >= 15 is 0 Å². The Bertz CT molecular complexity index is 1310. The van der Waals surface area contributed by atoms with E-state index in [9.17, 15) is 9.50 Å². The maximum atomic E-state index is 14.6. The van der Waals surface area contributed by atoms with Crippen molar-refractivity contribution in [2.75, 3.05) is 18.0 Å². The maximum absolute atomic E-state index is 14.6. The second-order valence-corrected chi connectivity index (χ2v) is 9.56. The molecule has 4 aromatic rings. The molecule has 5 rings (SSSR count). The average molecular weight is 435 g/mol. The second kappa shape index (κ2) is 7.41. The lowest BCUT2D eigenvalue weighted by atomic mass is 10.1. The minimum atomic E-state index is -0.947. The number of aromatic hydroxyl groups is 1. The maximum Gasteiger partial charge on any atom is 0.134 e. The van der Waals surface area contributed by atoms with Crippen LogP contribution < -0.4 is 10.2 Å². The molecule has 1 saturated heterocycles. The van der Waals surface area contributed by atoms with Crippen LogP contribution in [0.3, 0.4) is 0 Å². The van der Waals surface area contributed by atoms with Gasteiger partial charge in [0.05, 0.1) is 34.8 Å². The lowest BCUT2D eigenvalue weighted by molar-refractivity contribution is 0.257. The van der Waals surface area contributed by atoms with Crippen molar-refractivity contribution in [2.24, 2.45) is 7.05 Å². The van der Waals surface area contributed by atoms with Crippen LogP contribution in [0.5, 0.6) is 5.75 Å². The van der Waals surface area contributed by atoms with Crippen LogP contribution in [-0.4, -0.2) is 55.7 Å². The summed E-state index contributed by atoms with van der Waals surface area (Å²) in [4.78, 5) is 11.4. The van der Waals surface area contributed by atoms with Gasteiger partial charge in [-0.15, -0.1) is 0 Å². The molecule has 3 aromatic heterocycles. The number of alkyl halides is 1. The highest BCUT2D eigenvalue weighted by Gasteiger charge is 2.35. The summed E-state index contributed by atoms with van der Waals surface area (Å²) in [5.41, 5.74) is 3.35. The molecule has 1 aliphatic heterocycles. The van der Waals surface area contributed by atoms with Crippen molar-refractivity contribution in [1.29, 1.82) is 0 Å². The smallest absolute Gasteiger partial charge is 0.134 e. The number of aromatic nitrogens is 4. The average Bonchev–Trinajstić information content (AvgIpc) is 3.26. The van der Waals surface area contributed by atoms with Crippen molar-refractivity contribution in [1.82, 2.24) is 25.1 Å². The zero-order valence-electron chi connectivity index (χ0n) is 18.7. The van der Waals surface area contributed by atoms with Crippen molar-refractivity contribution in [3.05, 3.63) is 42.6 Å². The third kappa shape index (κ3) is 3.86. The first-order chi connectivity index (χ1) is 15.2. The van der Waals surface area contributed by atoms with E-state index < -0.39 is 6.17 Å². The zero-order valence-corrected chi connectivity index (χ0v) is 18.7. The number of aryl methyl sites for hydroxylation is 1. The molecule has 0 bridgehead atoms. The molecule has 0 unspecified atom stereocenters. The third-order valence-electron chi connectivity index (χ3n) is 5.73. The number of benzene rings is 1. The lowest BCUT2D eigenvalue weighted by Gasteiger charge is -2.26. The van der Waals surface area contributed by atoms with E-state index in [1.54, 1.807) is 10.7 Å². The molecule has 1 aromatic carbocycles. The van der Waals surface area contributed by atoms with Crippen LogP contribution in [0.25, 0.3) is 33.2 Å². The van der Waals surface area contributed by atoms with Crippen LogP contribution in [0.15, 0.2) is 42.6 Å². The molecule has 0 aliphatic carbocycles. The number of phenolic OH excluding ortho intramolecular Hbond substituents is 1. The Kier molecular flexibility index (Phi) is 4.78. The summed E-state index contributed by atoms with van der Waals surface area (Å²) in [6.45, 7) is 7.02. The standard InChI is InChI=1S/C24H27FN6O/c1-24(2,3)28-21-13-31(12-16(21)25)23-8-7-18-19(27-23)6-5-17(26-18)15-9-14-11-30(4)29-20(14)10-22(15)32/h5-11,16,21,28,32H,12-13H2,1-4H3/t16-,21+/m0/s1. The molecule has 1 fully saturated rings. The molecule has 0 spiro atoms. The quantitative estimate of drug-likeness (QED) is 0.511. The number of rotatable bonds is 3. The highest BCUT2D eigenvalue weighted by Crippen LogP contribution is 2.33. The molecular formula is C24H27FN6O. The zero-order chi connectivity index (χ0) is 22.6. The van der Waals surface area contributed by atoms with Gasteiger partial charge in [0.2, 0.25) is 0 Å². The summed E-state index contributed by atoms with van der Waals surface area (Å²) in [6, 6.07) is 10.8. The fraction of sp³-hybridized carbons (Fsp3) is 0.375. The monoisotopic (exact) mass is 434 g/mol. The van der Waals surface area contributed by atoms with Gasteiger partial charge in [-0.2, -0.15) is 5.10 Å². The molecule has 8 heteroatoms. The Balaban J connectivity index is 1.44. The summed E-state index contributed by atoms with van der Waals surface area (Å²) in [5.74, 6) is 0.878. The Hall–Kier alpha value is -3.26. The lowest BCUT2D eigenvalue weighted by Crippen LogP contribution is -2.48. The Morgan fingerprint density at radius 1 is 1.03 bits per heavy atom. The number of phenols is 1. The summed E-state index contributed by atoms with van der Waals surface area (Å²) in [5, 5.41) is 19.1. The predicted molar refractivity (Wildman–Crippen MR) is 125 cm³/mol. The van der Waals surface area contributed by atoms with Gasteiger partial charge in [-0.05, 0) is 51.1 Å². The molecule has 7 nitrogen and oxygen atoms in total. The summed E-state index contributed by atoms with van der Waals surface area (Å²) >= 11 is 0. The largest absolute Gasteiger partial charge is 0.507 e. The van der Waals surface area contributed by atoms with E-state index in [0.29, 0.717) is 24.3 Å². The SMILES string of the molecule is Cn1cc2cc(-c3ccc4nc(N5C[C@H](F)[C@H](NC(C)(C)C)C5)ccc4n3)c(O)cc2n1. The second-order valence-electron chi connectivity index (χ2n) is 9.56. The Labute approximate surface area is 185 Å². The minimum Gasteiger partial charge on any atom is -0.507 e. The summed E-state index contributed by atoms with van der Waals surface area (Å²) < 4.78 is 16.3. The third-order valence-corrected chi connectivity index (χ3v) is 5.73. The fourth-order valence-corrected chi connectivity index (χ4v) is 4.36. The van der Waals surface area contributed by atoms with Crippen molar-refractivity contribution in [3.63, 3.8) is 0 Å². The molecule has 0 amide bonds. The molecule has 4 heterocycles. The number of nitrogens with one attached hydrogen (secondary N) is 1. The van der Waals surface area contributed by atoms with Crippen molar-refractivity contribution in [2.45, 2.75) is 38.5 Å². The van der Waals surface area contributed by atoms with Gasteiger partial charge in [0, 0.05) is 42.3 Å². The number of anilines is 1. The van der Waals surface area contributed by atoms with Crippen molar-refractivity contribution in [3.8, 4) is 17.0 Å². The first-order valence-corrected chi connectivity index (χ1v) is 10.8. The van der Waals surface area contributed by atoms with Crippen LogP contribution in [0.4, 0.5) is 10.2 Å². The molecule has 166 valence electrons. The van der Waals surface area contributed by atoms with Crippen molar-refractivity contribution >= 4 is 27.8 Å². The number of nitrogens with zero attached hydrogens (tertiary/aromatic N) is 5. The van der Waals surface area contributed by atoms with Gasteiger partial charge >= 0.3 is 0 Å². The van der Waals surface area contributed by atoms with Crippen LogP contribution in [0.1, 0.15) is 20.8 Å². The highest BCUT2D eigenvalue weighted by atomic mass is 19.1. The number of hydrogen-bond acceptors (Lipinski definition) is 6. The fourth-order valence-electron chi connectivity index (χ4n) is 4.36. The minimum absolute atomic E-state index is 0.135. The van der Waals surface area contributed by atoms with Gasteiger partial charge in [0.25, 0.3) is 0 Å². The van der Waals surface area contributed by atoms with E-state index in [1.165, 1.54) is 0 Å². The van der Waals surface area contributed by atoms with Gasteiger partial charge in [0.1, 0.15) is 17.7 Å². The molecule has 0 saturated carbocycles. The number of hydrogen-bond donors (Lipinski definition) is 2. The Morgan fingerprint density at radius 3 is 2.56 bits per heavy atom. The van der Waals surface area contributed by atoms with E-state index in [-0.39, 0.29) is 17.3 Å². The topological polar surface area (TPSA) is 79.1 Å². The molecular weight excluding hydrogens is 407 g/mol. The highest BCUT2D eigenvalue weighted by molar-refractivity contribution is 5.88. The van der Waals surface area contributed by atoms with Gasteiger partial charge < -0.3 is 15.3 Å². The first-order valence-electron chi connectivity index (χ1n) is 10.8. The van der Waals surface area contributed by atoms with E-state index in [2.05, 4.69) is 10.4 Å². The molecule has 0 radical (unpaired) electrons. The molecule has 2 atom stereocenters. The van der Waals surface area contributed by atoms with Crippen LogP contribution >= 0.6 is 0 Å². The van der Waals surface area contributed by atoms with Gasteiger partial charge in [-0.25, -0.2) is 14.4 Å². The van der Waals surface area contributed by atoms with E-state index in [1.807, 2.05) is 69.2 Å². The van der Waals surface area contributed by atoms with E-state index in [4.69, 9.17) is 9.97 Å². The number of pyridine rings is 2. The van der Waals surface area contributed by atoms with Crippen LogP contribution in [-0.2, 0) is 7.05 Å². The summed E-state index contributed by atoms with van der Waals surface area (Å²) in [6.07, 6.45) is 0.959. The summed E-state index contributed by atoms with van der Waals surface area (Å²) in [7, 11) is 1.85. The molecule has 2 N–H and O–H groups in total. The van der Waals surface area contributed by atoms with Gasteiger partial charge in [0.15, 0.2) is 0 Å². The van der Waals surface area contributed by atoms with Crippen LogP contribution in [0, 0.1) is 0 Å².